The molecule has 0 saturated carbocycles. The van der Waals surface area contributed by atoms with Gasteiger partial charge in [-0.2, -0.15) is 5.10 Å². The first-order valence-electron chi connectivity index (χ1n) is 5.88. The third-order valence-corrected chi connectivity index (χ3v) is 2.65. The van der Waals surface area contributed by atoms with Crippen LogP contribution < -0.4 is 5.32 Å². The number of aromatic nitrogens is 2. The molecule has 6 nitrogen and oxygen atoms in total. The molecule has 1 aromatic heterocycles. The molecule has 1 rings (SSSR count). The van der Waals surface area contributed by atoms with Crippen LogP contribution in [0.25, 0.3) is 0 Å². The van der Waals surface area contributed by atoms with Crippen molar-refractivity contribution in [3.8, 4) is 12.3 Å². The van der Waals surface area contributed by atoms with Crippen molar-refractivity contribution in [2.45, 2.75) is 46.2 Å². The van der Waals surface area contributed by atoms with Gasteiger partial charge in [-0.15, -0.1) is 6.42 Å². The van der Waals surface area contributed by atoms with Crippen LogP contribution in [0.4, 0.5) is 11.5 Å². The molecule has 0 saturated heterocycles. The van der Waals surface area contributed by atoms with Gasteiger partial charge in [-0.3, -0.25) is 10.1 Å². The smallest absolute Gasteiger partial charge is 0.333 e. The van der Waals surface area contributed by atoms with Crippen molar-refractivity contribution < 1.29 is 4.92 Å². The molecule has 0 aromatic carbocycles. The van der Waals surface area contributed by atoms with Crippen molar-refractivity contribution >= 4 is 11.5 Å². The van der Waals surface area contributed by atoms with Gasteiger partial charge in [0.05, 0.1) is 11.0 Å². The molecule has 1 heterocycles. The Morgan fingerprint density at radius 3 is 2.61 bits per heavy atom. The Morgan fingerprint density at radius 1 is 1.61 bits per heavy atom. The summed E-state index contributed by atoms with van der Waals surface area (Å²) in [5, 5.41) is 18.3. The van der Waals surface area contributed by atoms with Crippen LogP contribution in [0.1, 0.15) is 38.9 Å². The van der Waals surface area contributed by atoms with Gasteiger partial charge in [0.1, 0.15) is 5.69 Å². The van der Waals surface area contributed by atoms with Crippen molar-refractivity contribution in [2.24, 2.45) is 0 Å². The number of rotatable bonds is 5. The zero-order valence-corrected chi connectivity index (χ0v) is 11.1. The molecule has 0 bridgehead atoms. The van der Waals surface area contributed by atoms with E-state index in [4.69, 9.17) is 6.42 Å². The lowest BCUT2D eigenvalue weighted by molar-refractivity contribution is -0.384. The summed E-state index contributed by atoms with van der Waals surface area (Å²) in [5.74, 6) is 2.95. The molecule has 0 spiro atoms. The normalized spacial score (nSPS) is 12.2. The molecule has 6 heteroatoms. The summed E-state index contributed by atoms with van der Waals surface area (Å²) in [6.07, 6.45) is 6.07. The van der Waals surface area contributed by atoms with Crippen LogP contribution in [-0.2, 0) is 0 Å². The van der Waals surface area contributed by atoms with E-state index in [0.717, 1.165) is 0 Å². The average molecular weight is 250 g/mol. The maximum absolute atomic E-state index is 11.1. The fraction of sp³-hybridized carbons (Fsp3) is 0.583. The lowest BCUT2D eigenvalue weighted by atomic mass is 10.2. The number of terminal acetylenes is 1. The van der Waals surface area contributed by atoms with Crippen LogP contribution in [0.15, 0.2) is 0 Å². The second kappa shape index (κ2) is 5.54. The Hall–Kier alpha value is -2.03. The molecule has 0 radical (unpaired) electrons. The minimum atomic E-state index is -0.424. The van der Waals surface area contributed by atoms with Crippen LogP contribution in [-0.4, -0.2) is 20.7 Å². The van der Waals surface area contributed by atoms with E-state index in [-0.39, 0.29) is 17.8 Å². The van der Waals surface area contributed by atoms with Crippen molar-refractivity contribution in [2.75, 3.05) is 5.32 Å². The quantitative estimate of drug-likeness (QED) is 0.495. The van der Waals surface area contributed by atoms with Crippen LogP contribution in [0, 0.1) is 29.4 Å². The highest BCUT2D eigenvalue weighted by Gasteiger charge is 2.27. The summed E-state index contributed by atoms with van der Waals surface area (Å²) >= 11 is 0. The summed E-state index contributed by atoms with van der Waals surface area (Å²) in [7, 11) is 0. The standard InChI is InChI=1S/C12H18N4O2/c1-6-10(7-2)13-12-11(16(17)18)9(5)14-15(12)8(3)4/h1,8,10,13H,7H2,2-5H3. The van der Waals surface area contributed by atoms with Crippen LogP contribution in [0.2, 0.25) is 0 Å². The van der Waals surface area contributed by atoms with Gasteiger partial charge in [-0.25, -0.2) is 4.68 Å². The first-order chi connectivity index (χ1) is 8.42. The average Bonchev–Trinajstić information content (AvgIpc) is 2.63. The van der Waals surface area contributed by atoms with E-state index in [1.165, 1.54) is 0 Å². The Morgan fingerprint density at radius 2 is 2.22 bits per heavy atom. The Kier molecular flexibility index (Phi) is 4.32. The zero-order chi connectivity index (χ0) is 13.9. The molecule has 0 aliphatic carbocycles. The topological polar surface area (TPSA) is 73.0 Å². The van der Waals surface area contributed by atoms with Crippen molar-refractivity contribution in [1.29, 1.82) is 0 Å². The van der Waals surface area contributed by atoms with Crippen molar-refractivity contribution in [1.82, 2.24) is 9.78 Å². The number of nitrogens with one attached hydrogen (secondary N) is 1. The first kappa shape index (κ1) is 14.0. The SMILES string of the molecule is C#CC(CC)Nc1c([N+](=O)[O-])c(C)nn1C(C)C. The largest absolute Gasteiger partial charge is 0.351 e. The van der Waals surface area contributed by atoms with Gasteiger partial charge < -0.3 is 5.32 Å². The van der Waals surface area contributed by atoms with E-state index in [1.807, 2.05) is 20.8 Å². The number of nitrogens with zero attached hydrogens (tertiary/aromatic N) is 3. The second-order valence-corrected chi connectivity index (χ2v) is 4.35. The molecule has 1 aromatic rings. The van der Waals surface area contributed by atoms with Crippen LogP contribution in [0.5, 0.6) is 0 Å². The van der Waals surface area contributed by atoms with Gasteiger partial charge in [0, 0.05) is 6.04 Å². The second-order valence-electron chi connectivity index (χ2n) is 4.35. The highest BCUT2D eigenvalue weighted by molar-refractivity contribution is 5.60. The third-order valence-electron chi connectivity index (χ3n) is 2.65. The molecule has 1 unspecified atom stereocenters. The highest BCUT2D eigenvalue weighted by Crippen LogP contribution is 2.31. The van der Waals surface area contributed by atoms with Gasteiger partial charge in [0.15, 0.2) is 0 Å². The van der Waals surface area contributed by atoms with Crippen LogP contribution >= 0.6 is 0 Å². The minimum Gasteiger partial charge on any atom is -0.351 e. The lowest BCUT2D eigenvalue weighted by Crippen LogP contribution is -2.20. The Bertz CT molecular complexity index is 485. The van der Waals surface area contributed by atoms with Crippen molar-refractivity contribution in [3.63, 3.8) is 0 Å². The summed E-state index contributed by atoms with van der Waals surface area (Å²) in [4.78, 5) is 10.7. The fourth-order valence-electron chi connectivity index (χ4n) is 1.69. The predicted octanol–water partition coefficient (Wildman–Crippen LogP) is 2.50. The molecule has 0 aliphatic rings. The maximum Gasteiger partial charge on any atom is 0.333 e. The molecule has 18 heavy (non-hydrogen) atoms. The monoisotopic (exact) mass is 250 g/mol. The predicted molar refractivity (Wildman–Crippen MR) is 70.5 cm³/mol. The molecule has 0 fully saturated rings. The van der Waals surface area contributed by atoms with Gasteiger partial charge >= 0.3 is 5.69 Å². The Balaban J connectivity index is 3.29. The molecular formula is C12H18N4O2. The van der Waals surface area contributed by atoms with Gasteiger partial charge in [0.25, 0.3) is 0 Å². The van der Waals surface area contributed by atoms with Crippen molar-refractivity contribution in [3.05, 3.63) is 15.8 Å². The van der Waals surface area contributed by atoms with Gasteiger partial charge in [-0.1, -0.05) is 12.8 Å². The number of aryl methyl sites for hydroxylation is 1. The van der Waals surface area contributed by atoms with E-state index >= 15 is 0 Å². The Labute approximate surface area is 107 Å². The summed E-state index contributed by atoms with van der Waals surface area (Å²) in [6, 6.07) is -0.215. The summed E-state index contributed by atoms with van der Waals surface area (Å²) < 4.78 is 1.60. The van der Waals surface area contributed by atoms with Gasteiger partial charge in [-0.05, 0) is 27.2 Å². The number of hydrogen-bond acceptors (Lipinski definition) is 4. The third kappa shape index (κ3) is 2.62. The molecular weight excluding hydrogens is 232 g/mol. The van der Waals surface area contributed by atoms with E-state index in [9.17, 15) is 10.1 Å². The molecule has 0 amide bonds. The number of hydrogen-bond donors (Lipinski definition) is 1. The molecule has 1 N–H and O–H groups in total. The maximum atomic E-state index is 11.1. The van der Waals surface area contributed by atoms with Gasteiger partial charge in [0.2, 0.25) is 5.82 Å². The van der Waals surface area contributed by atoms with E-state index in [1.54, 1.807) is 11.6 Å². The highest BCUT2D eigenvalue weighted by atomic mass is 16.6. The molecule has 0 aliphatic heterocycles. The summed E-state index contributed by atoms with van der Waals surface area (Å²) in [5.41, 5.74) is 0.389. The lowest BCUT2D eigenvalue weighted by Gasteiger charge is -2.15. The van der Waals surface area contributed by atoms with E-state index < -0.39 is 4.92 Å². The van der Waals surface area contributed by atoms with E-state index in [2.05, 4.69) is 16.3 Å². The summed E-state index contributed by atoms with van der Waals surface area (Å²) in [6.45, 7) is 7.38. The number of anilines is 1. The first-order valence-corrected chi connectivity index (χ1v) is 5.88. The molecule has 1 atom stereocenters. The van der Waals surface area contributed by atoms with Crippen LogP contribution in [0.3, 0.4) is 0 Å². The minimum absolute atomic E-state index is 0.00241. The fourth-order valence-corrected chi connectivity index (χ4v) is 1.69. The zero-order valence-electron chi connectivity index (χ0n) is 11.1. The van der Waals surface area contributed by atoms with E-state index in [0.29, 0.717) is 17.9 Å². The molecule has 98 valence electrons. The number of nitro groups is 1.